The Balaban J connectivity index is 1.92. The average Bonchev–Trinajstić information content (AvgIpc) is 2.73. The highest BCUT2D eigenvalue weighted by Crippen LogP contribution is 2.19. The number of H-pyrrole nitrogens is 1. The summed E-state index contributed by atoms with van der Waals surface area (Å²) in [5, 5.41) is 3.67. The van der Waals surface area contributed by atoms with Gasteiger partial charge in [0.15, 0.2) is 0 Å². The highest BCUT2D eigenvalue weighted by molar-refractivity contribution is 6.07. The molecule has 1 aromatic carbocycles. The van der Waals surface area contributed by atoms with Crippen molar-refractivity contribution in [2.24, 2.45) is 0 Å². The first-order chi connectivity index (χ1) is 9.25. The Kier molecular flexibility index (Phi) is 2.95. The third-order valence-corrected chi connectivity index (χ3v) is 3.37. The third-order valence-electron chi connectivity index (χ3n) is 3.37. The molecule has 0 spiro atoms. The predicted octanol–water partition coefficient (Wildman–Crippen LogP) is 1.13. The van der Waals surface area contributed by atoms with E-state index in [0.717, 1.165) is 17.3 Å². The molecule has 0 saturated carbocycles. The zero-order chi connectivity index (χ0) is 13.2. The molecular formula is C14H15N3O2. The van der Waals surface area contributed by atoms with Gasteiger partial charge >= 0.3 is 0 Å². The maximum Gasteiger partial charge on any atom is 0.256 e. The molecule has 5 heteroatoms. The second kappa shape index (κ2) is 4.76. The molecule has 0 unspecified atom stereocenters. The van der Waals surface area contributed by atoms with Crippen molar-refractivity contribution >= 4 is 22.7 Å². The molecule has 2 N–H and O–H groups in total. The fourth-order valence-corrected chi connectivity index (χ4v) is 2.40. The number of benzene rings is 1. The summed E-state index contributed by atoms with van der Waals surface area (Å²) < 4.78 is 0. The Labute approximate surface area is 110 Å². The van der Waals surface area contributed by atoms with E-state index in [-0.39, 0.29) is 18.4 Å². The summed E-state index contributed by atoms with van der Waals surface area (Å²) in [5.41, 5.74) is 1.57. The minimum Gasteiger partial charge on any atom is -0.360 e. The molecule has 0 bridgehead atoms. The number of carbonyl (C=O) groups is 2. The highest BCUT2D eigenvalue weighted by Gasteiger charge is 2.22. The number of para-hydroxylation sites is 1. The van der Waals surface area contributed by atoms with Crippen LogP contribution in [0.4, 0.5) is 0 Å². The number of fused-ring (bicyclic) bond motifs is 1. The Morgan fingerprint density at radius 1 is 1.26 bits per heavy atom. The van der Waals surface area contributed by atoms with Crippen molar-refractivity contribution < 1.29 is 9.59 Å². The van der Waals surface area contributed by atoms with Crippen LogP contribution in [0.5, 0.6) is 0 Å². The van der Waals surface area contributed by atoms with Gasteiger partial charge in [-0.2, -0.15) is 0 Å². The molecule has 3 rings (SSSR count). The number of nitrogens with zero attached hydrogens (tertiary/aromatic N) is 1. The molecule has 19 heavy (non-hydrogen) atoms. The van der Waals surface area contributed by atoms with Gasteiger partial charge in [0.2, 0.25) is 5.91 Å². The topological polar surface area (TPSA) is 65.2 Å². The minimum atomic E-state index is -0.0920. The molecule has 0 atom stereocenters. The standard InChI is InChI=1S/C14H15N3O2/c18-13-9-17(7-3-6-15-13)14(19)11-8-16-12-5-2-1-4-10(11)12/h1-2,4-5,8,16H,3,6-7,9H2,(H,15,18). The maximum absolute atomic E-state index is 12.5. The maximum atomic E-state index is 12.5. The van der Waals surface area contributed by atoms with E-state index in [1.807, 2.05) is 24.3 Å². The van der Waals surface area contributed by atoms with Gasteiger partial charge < -0.3 is 15.2 Å². The lowest BCUT2D eigenvalue weighted by atomic mass is 10.1. The lowest BCUT2D eigenvalue weighted by molar-refractivity contribution is -0.121. The normalized spacial score (nSPS) is 16.2. The molecule has 1 aliphatic heterocycles. The lowest BCUT2D eigenvalue weighted by Crippen LogP contribution is -2.37. The molecule has 1 saturated heterocycles. The Hall–Kier alpha value is -2.30. The molecule has 1 aromatic heterocycles. The van der Waals surface area contributed by atoms with Crippen molar-refractivity contribution in [3.05, 3.63) is 36.0 Å². The van der Waals surface area contributed by atoms with E-state index >= 15 is 0 Å². The largest absolute Gasteiger partial charge is 0.360 e. The highest BCUT2D eigenvalue weighted by atomic mass is 16.2. The number of carbonyl (C=O) groups excluding carboxylic acids is 2. The summed E-state index contributed by atoms with van der Waals surface area (Å²) in [6.45, 7) is 1.38. The molecule has 1 fully saturated rings. The van der Waals surface area contributed by atoms with E-state index in [4.69, 9.17) is 0 Å². The van der Waals surface area contributed by atoms with E-state index in [1.54, 1.807) is 11.1 Å². The van der Waals surface area contributed by atoms with Crippen LogP contribution in [-0.4, -0.2) is 41.3 Å². The van der Waals surface area contributed by atoms with Gasteiger partial charge in [-0.05, 0) is 12.5 Å². The van der Waals surface area contributed by atoms with Crippen LogP contribution in [0.3, 0.4) is 0 Å². The SMILES string of the molecule is O=C1CN(C(=O)c2c[nH]c3ccccc23)CCCN1. The van der Waals surface area contributed by atoms with Crippen molar-refractivity contribution in [1.82, 2.24) is 15.2 Å². The van der Waals surface area contributed by atoms with Gasteiger partial charge in [0.25, 0.3) is 5.91 Å². The van der Waals surface area contributed by atoms with Crippen LogP contribution in [0.1, 0.15) is 16.8 Å². The fourth-order valence-electron chi connectivity index (χ4n) is 2.40. The van der Waals surface area contributed by atoms with Crippen LogP contribution in [0.2, 0.25) is 0 Å². The fraction of sp³-hybridized carbons (Fsp3) is 0.286. The van der Waals surface area contributed by atoms with E-state index in [1.165, 1.54) is 0 Å². The first kappa shape index (κ1) is 11.8. The number of aromatic nitrogens is 1. The number of aromatic amines is 1. The molecule has 0 radical (unpaired) electrons. The van der Waals surface area contributed by atoms with Crippen LogP contribution >= 0.6 is 0 Å². The molecule has 98 valence electrons. The summed E-state index contributed by atoms with van der Waals surface area (Å²) in [5.74, 6) is -0.180. The summed E-state index contributed by atoms with van der Waals surface area (Å²) in [6, 6.07) is 7.67. The Morgan fingerprint density at radius 2 is 2.11 bits per heavy atom. The number of hydrogen-bond donors (Lipinski definition) is 2. The molecular weight excluding hydrogens is 242 g/mol. The average molecular weight is 257 g/mol. The van der Waals surface area contributed by atoms with Gasteiger partial charge in [-0.15, -0.1) is 0 Å². The summed E-state index contributed by atoms with van der Waals surface area (Å²) in [7, 11) is 0. The predicted molar refractivity (Wildman–Crippen MR) is 71.8 cm³/mol. The van der Waals surface area contributed by atoms with Crippen molar-refractivity contribution in [3.63, 3.8) is 0 Å². The smallest absolute Gasteiger partial charge is 0.256 e. The zero-order valence-corrected chi connectivity index (χ0v) is 10.5. The summed E-state index contributed by atoms with van der Waals surface area (Å²) in [6.07, 6.45) is 2.51. The first-order valence-corrected chi connectivity index (χ1v) is 6.38. The van der Waals surface area contributed by atoms with Crippen LogP contribution in [0.25, 0.3) is 10.9 Å². The van der Waals surface area contributed by atoms with Crippen molar-refractivity contribution in [1.29, 1.82) is 0 Å². The zero-order valence-electron chi connectivity index (χ0n) is 10.5. The number of rotatable bonds is 1. The summed E-state index contributed by atoms with van der Waals surface area (Å²) in [4.78, 5) is 28.7. The van der Waals surface area contributed by atoms with Crippen LogP contribution in [0, 0.1) is 0 Å². The summed E-state index contributed by atoms with van der Waals surface area (Å²) >= 11 is 0. The Bertz CT molecular complexity index is 632. The van der Waals surface area contributed by atoms with Crippen molar-refractivity contribution in [3.8, 4) is 0 Å². The number of nitrogens with one attached hydrogen (secondary N) is 2. The molecule has 2 amide bonds. The minimum absolute atomic E-state index is 0.0884. The van der Waals surface area contributed by atoms with Gasteiger partial charge in [-0.25, -0.2) is 0 Å². The molecule has 1 aliphatic rings. The van der Waals surface area contributed by atoms with Crippen LogP contribution in [-0.2, 0) is 4.79 Å². The van der Waals surface area contributed by atoms with Gasteiger partial charge in [0, 0.05) is 30.2 Å². The number of amides is 2. The van der Waals surface area contributed by atoms with Gasteiger partial charge in [0.05, 0.1) is 12.1 Å². The van der Waals surface area contributed by atoms with Gasteiger partial charge in [0.1, 0.15) is 0 Å². The van der Waals surface area contributed by atoms with Crippen LogP contribution in [0.15, 0.2) is 30.5 Å². The van der Waals surface area contributed by atoms with Crippen LogP contribution < -0.4 is 5.32 Å². The van der Waals surface area contributed by atoms with E-state index in [0.29, 0.717) is 18.7 Å². The van der Waals surface area contributed by atoms with E-state index in [9.17, 15) is 9.59 Å². The monoisotopic (exact) mass is 257 g/mol. The molecule has 2 aromatic rings. The quantitative estimate of drug-likeness (QED) is 0.804. The molecule has 2 heterocycles. The lowest BCUT2D eigenvalue weighted by Gasteiger charge is -2.18. The first-order valence-electron chi connectivity index (χ1n) is 6.38. The molecule has 0 aliphatic carbocycles. The third kappa shape index (κ3) is 2.19. The second-order valence-electron chi connectivity index (χ2n) is 4.68. The second-order valence-corrected chi connectivity index (χ2v) is 4.68. The number of hydrogen-bond acceptors (Lipinski definition) is 2. The molecule has 5 nitrogen and oxygen atoms in total. The van der Waals surface area contributed by atoms with E-state index in [2.05, 4.69) is 10.3 Å². The van der Waals surface area contributed by atoms with Crippen molar-refractivity contribution in [2.45, 2.75) is 6.42 Å². The van der Waals surface area contributed by atoms with Gasteiger partial charge in [-0.1, -0.05) is 18.2 Å². The van der Waals surface area contributed by atoms with Crippen molar-refractivity contribution in [2.75, 3.05) is 19.6 Å². The Morgan fingerprint density at radius 3 is 3.00 bits per heavy atom. The van der Waals surface area contributed by atoms with E-state index < -0.39 is 0 Å². The van der Waals surface area contributed by atoms with Gasteiger partial charge in [-0.3, -0.25) is 9.59 Å².